The number of rotatable bonds is 7. The normalized spacial score (nSPS) is 16.2. The molecule has 1 amide bonds. The number of carbonyl (C=O) groups excluding carboxylic acids is 1. The number of halogens is 1. The van der Waals surface area contributed by atoms with E-state index in [0.29, 0.717) is 37.6 Å². The molecule has 2 aromatic heterocycles. The Bertz CT molecular complexity index is 1510. The first-order valence-electron chi connectivity index (χ1n) is 12.0. The Morgan fingerprint density at radius 1 is 1.11 bits per heavy atom. The van der Waals surface area contributed by atoms with Gasteiger partial charge < -0.3 is 14.4 Å². The Hall–Kier alpha value is -3.63. The fraction of sp³-hybridized carbons (Fsp3) is 0.269. The van der Waals surface area contributed by atoms with Crippen LogP contribution in [0, 0.1) is 0 Å². The van der Waals surface area contributed by atoms with E-state index in [2.05, 4.69) is 19.6 Å². The number of benzene rings is 2. The standard InChI is InChI=1S/C26H27ClN6O3S/c1-19-17-32(21-5-7-22(8-6-21)37(35,36)30-24-9-12-28-18-29-24)15-16-33(19)25(34)11-14-31-13-10-20-3-2-4-23(27)26(20)31/h2-10,12-13,18-19H,11,14-17H2,1H3,(H,28,29,30). The number of nitrogens with one attached hydrogen (secondary N) is 1. The predicted octanol–water partition coefficient (Wildman–Crippen LogP) is 4.01. The highest BCUT2D eigenvalue weighted by atomic mass is 35.5. The zero-order valence-corrected chi connectivity index (χ0v) is 21.9. The molecule has 1 saturated heterocycles. The van der Waals surface area contributed by atoms with Crippen molar-refractivity contribution in [3.8, 4) is 0 Å². The third-order valence-electron chi connectivity index (χ3n) is 6.59. The average Bonchev–Trinajstić information content (AvgIpc) is 3.32. The van der Waals surface area contributed by atoms with Gasteiger partial charge in [-0.1, -0.05) is 23.7 Å². The van der Waals surface area contributed by atoms with Crippen molar-refractivity contribution in [3.05, 3.63) is 78.3 Å². The molecule has 0 spiro atoms. The molecule has 0 saturated carbocycles. The first-order valence-corrected chi connectivity index (χ1v) is 13.8. The van der Waals surface area contributed by atoms with Gasteiger partial charge in [-0.05, 0) is 49.4 Å². The minimum Gasteiger partial charge on any atom is -0.368 e. The summed E-state index contributed by atoms with van der Waals surface area (Å²) in [6, 6.07) is 16.1. The monoisotopic (exact) mass is 538 g/mol. The van der Waals surface area contributed by atoms with Crippen molar-refractivity contribution in [2.24, 2.45) is 0 Å². The summed E-state index contributed by atoms with van der Waals surface area (Å²) < 4.78 is 29.8. The molecule has 1 aliphatic rings. The largest absolute Gasteiger partial charge is 0.368 e. The van der Waals surface area contributed by atoms with E-state index in [1.54, 1.807) is 24.3 Å². The smallest absolute Gasteiger partial charge is 0.263 e. The molecular formula is C26H27ClN6O3S. The molecule has 1 aliphatic heterocycles. The van der Waals surface area contributed by atoms with Crippen LogP contribution in [0.3, 0.4) is 0 Å². The molecule has 1 atom stereocenters. The van der Waals surface area contributed by atoms with Gasteiger partial charge in [-0.25, -0.2) is 18.4 Å². The van der Waals surface area contributed by atoms with Crippen LogP contribution in [0.2, 0.25) is 5.02 Å². The maximum Gasteiger partial charge on any atom is 0.263 e. The summed E-state index contributed by atoms with van der Waals surface area (Å²) in [5.74, 6) is 0.319. The lowest BCUT2D eigenvalue weighted by atomic mass is 10.1. The van der Waals surface area contributed by atoms with E-state index in [9.17, 15) is 13.2 Å². The number of hydrogen-bond donors (Lipinski definition) is 1. The Morgan fingerprint density at radius 3 is 2.65 bits per heavy atom. The van der Waals surface area contributed by atoms with Gasteiger partial charge in [0.1, 0.15) is 12.1 Å². The number of anilines is 2. The van der Waals surface area contributed by atoms with Crippen molar-refractivity contribution in [3.63, 3.8) is 0 Å². The lowest BCUT2D eigenvalue weighted by Crippen LogP contribution is -2.54. The van der Waals surface area contributed by atoms with E-state index in [1.165, 1.54) is 18.6 Å². The van der Waals surface area contributed by atoms with Crippen LogP contribution >= 0.6 is 11.6 Å². The second-order valence-corrected chi connectivity index (χ2v) is 11.1. The van der Waals surface area contributed by atoms with E-state index in [4.69, 9.17) is 11.6 Å². The third-order valence-corrected chi connectivity index (χ3v) is 8.26. The highest BCUT2D eigenvalue weighted by Crippen LogP contribution is 2.26. The summed E-state index contributed by atoms with van der Waals surface area (Å²) in [7, 11) is -3.76. The van der Waals surface area contributed by atoms with Gasteiger partial charge in [0.2, 0.25) is 5.91 Å². The summed E-state index contributed by atoms with van der Waals surface area (Å²) in [6.45, 7) is 4.53. The van der Waals surface area contributed by atoms with Gasteiger partial charge in [0.25, 0.3) is 10.0 Å². The van der Waals surface area contributed by atoms with E-state index >= 15 is 0 Å². The van der Waals surface area contributed by atoms with Crippen LogP contribution < -0.4 is 9.62 Å². The van der Waals surface area contributed by atoms with Crippen molar-refractivity contribution in [1.82, 2.24) is 19.4 Å². The van der Waals surface area contributed by atoms with E-state index in [1.807, 2.05) is 46.9 Å². The summed E-state index contributed by atoms with van der Waals surface area (Å²) in [5, 5.41) is 1.74. The molecular weight excluding hydrogens is 512 g/mol. The van der Waals surface area contributed by atoms with Gasteiger partial charge in [0, 0.05) is 62.1 Å². The minimum atomic E-state index is -3.76. The number of nitrogens with zero attached hydrogens (tertiary/aromatic N) is 5. The SMILES string of the molecule is CC1CN(c2ccc(S(=O)(=O)Nc3ccncn3)cc2)CCN1C(=O)CCn1ccc2cccc(Cl)c21. The molecule has 3 heterocycles. The zero-order valence-electron chi connectivity index (χ0n) is 20.3. The first-order chi connectivity index (χ1) is 17.8. The molecule has 1 N–H and O–H groups in total. The van der Waals surface area contributed by atoms with Crippen LogP contribution in [-0.2, 0) is 21.4 Å². The number of piperazine rings is 1. The zero-order chi connectivity index (χ0) is 26.0. The Kier molecular flexibility index (Phi) is 7.03. The number of carbonyl (C=O) groups is 1. The van der Waals surface area contributed by atoms with Gasteiger partial charge in [0.05, 0.1) is 15.4 Å². The number of aromatic nitrogens is 3. The topological polar surface area (TPSA) is 100 Å². The lowest BCUT2D eigenvalue weighted by Gasteiger charge is -2.41. The summed E-state index contributed by atoms with van der Waals surface area (Å²) >= 11 is 6.37. The van der Waals surface area contributed by atoms with Crippen molar-refractivity contribution in [2.75, 3.05) is 29.3 Å². The number of amides is 1. The number of para-hydroxylation sites is 1. The molecule has 9 nitrogen and oxygen atoms in total. The fourth-order valence-electron chi connectivity index (χ4n) is 4.71. The quantitative estimate of drug-likeness (QED) is 0.381. The summed E-state index contributed by atoms with van der Waals surface area (Å²) in [6.07, 6.45) is 5.12. The van der Waals surface area contributed by atoms with Crippen molar-refractivity contribution >= 4 is 49.9 Å². The molecule has 0 radical (unpaired) electrons. The second kappa shape index (κ2) is 10.4. The molecule has 0 aliphatic carbocycles. The van der Waals surface area contributed by atoms with E-state index < -0.39 is 10.0 Å². The number of sulfonamides is 1. The average molecular weight is 539 g/mol. The van der Waals surface area contributed by atoms with Gasteiger partial charge in [-0.15, -0.1) is 0 Å². The van der Waals surface area contributed by atoms with Crippen LogP contribution in [0.1, 0.15) is 13.3 Å². The van der Waals surface area contributed by atoms with Crippen molar-refractivity contribution in [1.29, 1.82) is 0 Å². The lowest BCUT2D eigenvalue weighted by molar-refractivity contribution is -0.133. The van der Waals surface area contributed by atoms with Crippen LogP contribution in [0.5, 0.6) is 0 Å². The molecule has 1 fully saturated rings. The molecule has 37 heavy (non-hydrogen) atoms. The van der Waals surface area contributed by atoms with Gasteiger partial charge in [0.15, 0.2) is 0 Å². The predicted molar refractivity (Wildman–Crippen MR) is 144 cm³/mol. The van der Waals surface area contributed by atoms with Crippen molar-refractivity contribution < 1.29 is 13.2 Å². The van der Waals surface area contributed by atoms with Gasteiger partial charge >= 0.3 is 0 Å². The molecule has 1 unspecified atom stereocenters. The third kappa shape index (κ3) is 5.40. The minimum absolute atomic E-state index is 0.0223. The van der Waals surface area contributed by atoms with Crippen LogP contribution in [0.4, 0.5) is 11.5 Å². The molecule has 11 heteroatoms. The Labute approximate surface area is 220 Å². The molecule has 0 bridgehead atoms. The van der Waals surface area contributed by atoms with Crippen molar-refractivity contribution in [2.45, 2.75) is 30.8 Å². The maximum absolute atomic E-state index is 13.1. The van der Waals surface area contributed by atoms with E-state index in [0.717, 1.165) is 16.6 Å². The number of aryl methyl sites for hydroxylation is 1. The van der Waals surface area contributed by atoms with Gasteiger partial charge in [-0.2, -0.15) is 0 Å². The molecule has 5 rings (SSSR count). The highest BCUT2D eigenvalue weighted by molar-refractivity contribution is 7.92. The van der Waals surface area contributed by atoms with Crippen LogP contribution in [-0.4, -0.2) is 59.4 Å². The highest BCUT2D eigenvalue weighted by Gasteiger charge is 2.27. The molecule has 4 aromatic rings. The molecule has 192 valence electrons. The number of hydrogen-bond acceptors (Lipinski definition) is 6. The van der Waals surface area contributed by atoms with Gasteiger partial charge in [-0.3, -0.25) is 9.52 Å². The molecule has 2 aromatic carbocycles. The van der Waals surface area contributed by atoms with Crippen LogP contribution in [0.25, 0.3) is 10.9 Å². The second-order valence-electron chi connectivity index (χ2n) is 9.01. The van der Waals surface area contributed by atoms with Crippen LogP contribution in [0.15, 0.2) is 78.2 Å². The first kappa shape index (κ1) is 25.0. The Balaban J connectivity index is 1.19. The summed E-state index contributed by atoms with van der Waals surface area (Å²) in [4.78, 5) is 25.0. The fourth-order valence-corrected chi connectivity index (χ4v) is 6.01. The maximum atomic E-state index is 13.1. The number of fused-ring (bicyclic) bond motifs is 1. The van der Waals surface area contributed by atoms with E-state index in [-0.39, 0.29) is 22.7 Å². The Morgan fingerprint density at radius 2 is 1.92 bits per heavy atom. The summed E-state index contributed by atoms with van der Waals surface area (Å²) in [5.41, 5.74) is 1.86.